The minimum Gasteiger partial charge on any atom is -0.871 e. The van der Waals surface area contributed by atoms with Crippen LogP contribution in [0.15, 0.2) is 36.7 Å². The summed E-state index contributed by atoms with van der Waals surface area (Å²) < 4.78 is 0. The van der Waals surface area contributed by atoms with E-state index in [4.69, 9.17) is 5.11 Å². The van der Waals surface area contributed by atoms with Crippen LogP contribution in [-0.2, 0) is 18.6 Å². The van der Waals surface area contributed by atoms with Crippen molar-refractivity contribution in [3.05, 3.63) is 48.0 Å². The largest absolute Gasteiger partial charge is 0.871 e. The van der Waals surface area contributed by atoms with Crippen molar-refractivity contribution >= 4 is 11.9 Å². The smallest absolute Gasteiger partial charge is 0.353 e. The van der Waals surface area contributed by atoms with E-state index in [0.29, 0.717) is 0 Å². The average Bonchev–Trinajstić information content (AvgIpc) is 2.40. The number of rotatable bonds is 2. The molecule has 0 aliphatic carbocycles. The molecule has 2 aromatic heterocycles. The van der Waals surface area contributed by atoms with Gasteiger partial charge in [0.25, 0.3) is 0 Å². The van der Waals surface area contributed by atoms with Gasteiger partial charge in [0, 0.05) is 30.9 Å². The van der Waals surface area contributed by atoms with Crippen LogP contribution < -0.4 is 15.3 Å². The average molecular weight is 380 g/mol. The van der Waals surface area contributed by atoms with Gasteiger partial charge in [0.15, 0.2) is 0 Å². The van der Waals surface area contributed by atoms with E-state index in [9.17, 15) is 24.9 Å². The Morgan fingerprint density at radius 3 is 1.46 bits per heavy atom. The normalized spacial score (nSPS) is 7.67. The first-order valence-corrected chi connectivity index (χ1v) is 5.12. The second kappa shape index (κ2) is 13.9. The van der Waals surface area contributed by atoms with Gasteiger partial charge in [-0.15, -0.1) is 0 Å². The Bertz CT molecular complexity index is 584. The number of carbonyl (C=O) groups excluding carboxylic acids is 1. The maximum absolute atomic E-state index is 10.6. The Labute approximate surface area is 147 Å². The van der Waals surface area contributed by atoms with Gasteiger partial charge in [-0.1, -0.05) is 23.6 Å². The third kappa shape index (κ3) is 8.68. The molecule has 0 spiro atoms. The molecule has 24 heavy (non-hydrogen) atoms. The number of carboxylic acids is 2. The summed E-state index contributed by atoms with van der Waals surface area (Å²) in [5.74, 6) is -4.01. The molecule has 0 aliphatic rings. The van der Waals surface area contributed by atoms with E-state index in [0.717, 1.165) is 12.1 Å². The first-order valence-electron chi connectivity index (χ1n) is 5.12. The van der Waals surface area contributed by atoms with Gasteiger partial charge in [-0.25, -0.2) is 9.78 Å². The molecular weight excluding hydrogens is 367 g/mol. The van der Waals surface area contributed by atoms with Crippen molar-refractivity contribution in [2.75, 3.05) is 0 Å². The molecular formula is C12H13N2O9V-3. The summed E-state index contributed by atoms with van der Waals surface area (Å²) in [7, 11) is 0. The fourth-order valence-corrected chi connectivity index (χ4v) is 1.10. The molecule has 7 N–H and O–H groups in total. The molecule has 11 nitrogen and oxygen atoms in total. The van der Waals surface area contributed by atoms with Crippen LogP contribution in [-0.4, -0.2) is 43.4 Å². The van der Waals surface area contributed by atoms with Crippen molar-refractivity contribution in [3.63, 3.8) is 0 Å². The van der Waals surface area contributed by atoms with Gasteiger partial charge in [0.05, 0.1) is 11.7 Å². The van der Waals surface area contributed by atoms with Crippen LogP contribution in [0.1, 0.15) is 21.0 Å². The molecule has 0 aliphatic heterocycles. The number of carbonyl (C=O) groups is 2. The molecule has 0 aromatic carbocycles. The zero-order valence-corrected chi connectivity index (χ0v) is 13.2. The van der Waals surface area contributed by atoms with Crippen LogP contribution in [0.5, 0.6) is 11.5 Å². The van der Waals surface area contributed by atoms with Crippen LogP contribution in [0.3, 0.4) is 0 Å². The summed E-state index contributed by atoms with van der Waals surface area (Å²) in [6.45, 7) is 0. The molecule has 0 saturated heterocycles. The number of nitrogens with zero attached hydrogens (tertiary/aromatic N) is 2. The SMILES string of the molecule is O.O.O.O=C(O)c1ncccc1[O-].O=C([O-])c1ncccc1[O-].[V]. The van der Waals surface area contributed by atoms with Crippen molar-refractivity contribution in [2.45, 2.75) is 0 Å². The van der Waals surface area contributed by atoms with Gasteiger partial charge in [-0.05, 0) is 12.1 Å². The number of hydrogen-bond acceptors (Lipinski definition) is 7. The van der Waals surface area contributed by atoms with Gasteiger partial charge in [-0.3, -0.25) is 4.98 Å². The predicted molar refractivity (Wildman–Crippen MR) is 69.5 cm³/mol. The Morgan fingerprint density at radius 2 is 1.25 bits per heavy atom. The van der Waals surface area contributed by atoms with Crippen molar-refractivity contribution in [1.82, 2.24) is 9.97 Å². The molecule has 12 heteroatoms. The van der Waals surface area contributed by atoms with Crippen molar-refractivity contribution in [2.24, 2.45) is 0 Å². The molecule has 2 heterocycles. The van der Waals surface area contributed by atoms with E-state index in [1.807, 2.05) is 0 Å². The number of pyridine rings is 2. The fourth-order valence-electron chi connectivity index (χ4n) is 1.10. The second-order valence-electron chi connectivity index (χ2n) is 3.29. The second-order valence-corrected chi connectivity index (χ2v) is 3.29. The monoisotopic (exact) mass is 380 g/mol. The van der Waals surface area contributed by atoms with E-state index < -0.39 is 34.8 Å². The van der Waals surface area contributed by atoms with E-state index in [1.54, 1.807) is 0 Å². The third-order valence-corrected chi connectivity index (χ3v) is 1.94. The topological polar surface area (TPSA) is 244 Å². The minimum absolute atomic E-state index is 0. The van der Waals surface area contributed by atoms with E-state index in [-0.39, 0.29) is 35.0 Å². The Hall–Kier alpha value is -2.70. The van der Waals surface area contributed by atoms with Gasteiger partial charge >= 0.3 is 5.97 Å². The molecule has 0 saturated carbocycles. The maximum Gasteiger partial charge on any atom is 0.353 e. The molecule has 0 atom stereocenters. The zero-order valence-electron chi connectivity index (χ0n) is 11.8. The predicted octanol–water partition coefficient (Wildman–Crippen LogP) is -4.10. The standard InChI is InChI=1S/2C6H5NO3.3H2O.V/c2*8-4-2-1-3-7-5(4)6(9)10;;;;/h2*1-3,8H,(H,9,10);3*1H2;/p-3. The van der Waals surface area contributed by atoms with Crippen molar-refractivity contribution < 1.29 is 65.0 Å². The summed E-state index contributed by atoms with van der Waals surface area (Å²) in [6.07, 6.45) is 2.50. The molecule has 133 valence electrons. The summed E-state index contributed by atoms with van der Waals surface area (Å²) in [5.41, 5.74) is -0.968. The first-order chi connectivity index (χ1) is 9.43. The van der Waals surface area contributed by atoms with Crippen LogP contribution in [0, 0.1) is 0 Å². The van der Waals surface area contributed by atoms with Crippen LogP contribution in [0.25, 0.3) is 0 Å². The molecule has 1 radical (unpaired) electrons. The molecule has 2 aromatic rings. The first kappa shape index (κ1) is 29.3. The maximum atomic E-state index is 10.6. The molecule has 0 unspecified atom stereocenters. The third-order valence-electron chi connectivity index (χ3n) is 1.94. The molecule has 0 fully saturated rings. The summed E-state index contributed by atoms with van der Waals surface area (Å²) in [5, 5.41) is 39.5. The zero-order chi connectivity index (χ0) is 15.1. The van der Waals surface area contributed by atoms with Gasteiger partial charge in [-0.2, -0.15) is 0 Å². The van der Waals surface area contributed by atoms with Crippen LogP contribution in [0.4, 0.5) is 0 Å². The fraction of sp³-hybridized carbons (Fsp3) is 0. The van der Waals surface area contributed by atoms with E-state index in [1.165, 1.54) is 24.5 Å². The Kier molecular flexibility index (Phi) is 17.0. The Morgan fingerprint density at radius 1 is 0.875 bits per heavy atom. The summed E-state index contributed by atoms with van der Waals surface area (Å²) >= 11 is 0. The minimum atomic E-state index is -1.54. The van der Waals surface area contributed by atoms with Crippen LogP contribution >= 0.6 is 0 Å². The van der Waals surface area contributed by atoms with E-state index >= 15 is 0 Å². The molecule has 2 rings (SSSR count). The van der Waals surface area contributed by atoms with Gasteiger partial charge in [0.2, 0.25) is 0 Å². The van der Waals surface area contributed by atoms with E-state index in [2.05, 4.69) is 9.97 Å². The summed E-state index contributed by atoms with van der Waals surface area (Å²) in [6, 6.07) is 5.05. The molecule has 0 amide bonds. The number of carboxylic acid groups (broad SMARTS) is 2. The summed E-state index contributed by atoms with van der Waals surface area (Å²) in [4.78, 5) is 26.9. The number of aromatic nitrogens is 2. The van der Waals surface area contributed by atoms with Crippen molar-refractivity contribution in [3.8, 4) is 11.5 Å². The molecule has 0 bridgehead atoms. The van der Waals surface area contributed by atoms with Gasteiger partial charge < -0.3 is 41.6 Å². The van der Waals surface area contributed by atoms with Gasteiger partial charge in [0.1, 0.15) is 5.69 Å². The van der Waals surface area contributed by atoms with Crippen LogP contribution in [0.2, 0.25) is 0 Å². The van der Waals surface area contributed by atoms with Crippen molar-refractivity contribution in [1.29, 1.82) is 0 Å². The number of aromatic carboxylic acids is 2. The quantitative estimate of drug-likeness (QED) is 0.535. The number of hydrogen-bond donors (Lipinski definition) is 1. The Balaban J connectivity index is -0.000000143.